The van der Waals surface area contributed by atoms with Crippen molar-refractivity contribution < 1.29 is 0 Å². The summed E-state index contributed by atoms with van der Waals surface area (Å²) in [5.41, 5.74) is 9.86. The van der Waals surface area contributed by atoms with Crippen LogP contribution in [0.5, 0.6) is 0 Å². The molecule has 1 aromatic carbocycles. The first kappa shape index (κ1) is 12.5. The van der Waals surface area contributed by atoms with Crippen LogP contribution in [0.1, 0.15) is 25.3 Å². The van der Waals surface area contributed by atoms with Crippen molar-refractivity contribution in [3.8, 4) is 0 Å². The molecule has 2 aromatic rings. The minimum Gasteiger partial charge on any atom is -0.368 e. The number of benzene rings is 1. The van der Waals surface area contributed by atoms with Gasteiger partial charge < -0.3 is 4.98 Å². The number of hydrogen-bond donors (Lipinski definition) is 1. The monoisotopic (exact) mass is 219 g/mol. The third kappa shape index (κ3) is 1.69. The lowest BCUT2D eigenvalue weighted by Gasteiger charge is -2.14. The zero-order valence-corrected chi connectivity index (χ0v) is 12.1. The van der Waals surface area contributed by atoms with Gasteiger partial charge in [0, 0.05) is 5.52 Å². The second-order valence-electron chi connectivity index (χ2n) is 5.57. The highest BCUT2D eigenvalue weighted by Gasteiger charge is 2.17. The quantitative estimate of drug-likeness (QED) is 0.460. The number of aromatic nitrogens is 1. The van der Waals surface area contributed by atoms with Gasteiger partial charge in [0.15, 0.2) is 7.85 Å². The van der Waals surface area contributed by atoms with Gasteiger partial charge in [0.2, 0.25) is 0 Å². The molecule has 0 spiro atoms. The predicted molar refractivity (Wildman–Crippen MR) is 93.3 cm³/mol. The summed E-state index contributed by atoms with van der Waals surface area (Å²) in [5.74, 6) is 0.573. The van der Waals surface area contributed by atoms with Crippen LogP contribution < -0.4 is 27.4 Å². The fraction of sp³-hybridized carbons (Fsp3) is 0.273. The Morgan fingerprint density at radius 2 is 1.35 bits per heavy atom. The summed E-state index contributed by atoms with van der Waals surface area (Å²) < 4.78 is 0. The molecule has 82 valence electrons. The van der Waals surface area contributed by atoms with Crippen LogP contribution in [0.25, 0.3) is 10.9 Å². The van der Waals surface area contributed by atoms with Gasteiger partial charge in [-0.15, -0.1) is 5.46 Å². The van der Waals surface area contributed by atoms with Gasteiger partial charge in [0.25, 0.3) is 0 Å². The first-order valence-electron chi connectivity index (χ1n) is 6.44. The van der Waals surface area contributed by atoms with E-state index >= 15 is 0 Å². The molecule has 1 nitrogen and oxygen atoms in total. The molecule has 6 heteroatoms. The maximum Gasteiger partial charge on any atom is 0.161 e. The molecule has 0 saturated carbocycles. The Balaban J connectivity index is 3.02. The Hall–Kier alpha value is -0.915. The van der Waals surface area contributed by atoms with Gasteiger partial charge in [-0.05, 0) is 22.5 Å². The average molecular weight is 218 g/mol. The van der Waals surface area contributed by atoms with Crippen molar-refractivity contribution in [2.45, 2.75) is 19.8 Å². The highest BCUT2D eigenvalue weighted by Crippen LogP contribution is 2.19. The molecule has 0 aliphatic heterocycles. The zero-order valence-electron chi connectivity index (χ0n) is 12.1. The zero-order chi connectivity index (χ0) is 12.9. The second kappa shape index (κ2) is 4.08. The van der Waals surface area contributed by atoms with Crippen LogP contribution in [0.4, 0.5) is 0 Å². The van der Waals surface area contributed by atoms with E-state index in [2.05, 4.69) is 58.1 Å². The Kier molecular flexibility index (Phi) is 3.01. The molecule has 0 bridgehead atoms. The van der Waals surface area contributed by atoms with Gasteiger partial charge in [-0.1, -0.05) is 30.2 Å². The van der Waals surface area contributed by atoms with Crippen molar-refractivity contribution in [1.29, 1.82) is 0 Å². The fourth-order valence-corrected chi connectivity index (χ4v) is 2.97. The van der Waals surface area contributed by atoms with Crippen molar-refractivity contribution >= 4 is 77.6 Å². The lowest BCUT2D eigenvalue weighted by Crippen LogP contribution is -2.47. The molecule has 1 aromatic heterocycles. The van der Waals surface area contributed by atoms with Crippen molar-refractivity contribution in [1.82, 2.24) is 4.98 Å². The maximum atomic E-state index is 3.59. The molecular weight excluding hydrogens is 200 g/mol. The van der Waals surface area contributed by atoms with Gasteiger partial charge in [-0.2, -0.15) is 0 Å². The summed E-state index contributed by atoms with van der Waals surface area (Å²) in [4.78, 5) is 3.59. The van der Waals surface area contributed by atoms with E-state index in [4.69, 9.17) is 0 Å². The molecule has 0 aliphatic rings. The third-order valence-corrected chi connectivity index (χ3v) is 4.25. The summed E-state index contributed by atoms with van der Waals surface area (Å²) in [5, 5.41) is 1.46. The van der Waals surface area contributed by atoms with E-state index in [0.717, 1.165) is 0 Å². The molecule has 1 N–H and O–H groups in total. The van der Waals surface area contributed by atoms with Gasteiger partial charge in [0.1, 0.15) is 31.4 Å². The fourth-order valence-electron chi connectivity index (χ4n) is 2.97. The van der Waals surface area contributed by atoms with E-state index < -0.39 is 0 Å². The summed E-state index contributed by atoms with van der Waals surface area (Å²) in [6.07, 6.45) is 0. The molecule has 0 unspecified atom stereocenters. The number of nitrogens with one attached hydrogen (secondary N) is 1. The van der Waals surface area contributed by atoms with E-state index in [9.17, 15) is 0 Å². The Labute approximate surface area is 108 Å². The smallest absolute Gasteiger partial charge is 0.161 e. The lowest BCUT2D eigenvalue weighted by atomic mass is 9.65. The van der Waals surface area contributed by atoms with Crippen molar-refractivity contribution in [2.75, 3.05) is 0 Å². The Morgan fingerprint density at radius 3 is 1.88 bits per heavy atom. The standard InChI is InChI=1S/C11H18B5N/c1-3(2)4-5-6(12)7(13)8(14)9(15)10(5)17-11(4)16/h3,17H,12-16H2,1-2H3. The van der Waals surface area contributed by atoms with E-state index in [1.807, 2.05) is 0 Å². The Morgan fingerprint density at radius 1 is 0.824 bits per heavy atom. The van der Waals surface area contributed by atoms with Crippen LogP contribution in [0.2, 0.25) is 0 Å². The average Bonchev–Trinajstić information content (AvgIpc) is 2.61. The van der Waals surface area contributed by atoms with Gasteiger partial charge in [0.05, 0.1) is 0 Å². The Bertz CT molecular complexity index is 600. The molecule has 1 heterocycles. The molecule has 0 aliphatic carbocycles. The minimum absolute atomic E-state index is 0.573. The van der Waals surface area contributed by atoms with Crippen molar-refractivity contribution in [2.24, 2.45) is 0 Å². The van der Waals surface area contributed by atoms with Crippen LogP contribution >= 0.6 is 0 Å². The minimum atomic E-state index is 0.573. The summed E-state index contributed by atoms with van der Waals surface area (Å²) in [7, 11) is 11.1. The third-order valence-electron chi connectivity index (χ3n) is 4.25. The number of rotatable bonds is 1. The largest absolute Gasteiger partial charge is 0.368 e. The molecule has 0 fully saturated rings. The molecule has 2 rings (SSSR count). The van der Waals surface area contributed by atoms with Crippen LogP contribution in [0, 0.1) is 0 Å². The van der Waals surface area contributed by atoms with Crippen LogP contribution in [-0.2, 0) is 0 Å². The molecule has 0 saturated heterocycles. The normalized spacial score (nSPS) is 11.5. The van der Waals surface area contributed by atoms with Gasteiger partial charge >= 0.3 is 0 Å². The number of aromatic amines is 1. The molecule has 0 radical (unpaired) electrons. The van der Waals surface area contributed by atoms with Crippen molar-refractivity contribution in [3.05, 3.63) is 5.56 Å². The first-order valence-corrected chi connectivity index (χ1v) is 6.44. The molecular formula is C11H18B5N. The van der Waals surface area contributed by atoms with Crippen molar-refractivity contribution in [3.63, 3.8) is 0 Å². The van der Waals surface area contributed by atoms with E-state index in [1.165, 1.54) is 43.9 Å². The van der Waals surface area contributed by atoms with Crippen LogP contribution in [0.3, 0.4) is 0 Å². The predicted octanol–water partition coefficient (Wildman–Crippen LogP) is -5.42. The maximum absolute atomic E-state index is 3.59. The van der Waals surface area contributed by atoms with E-state index in [1.54, 1.807) is 0 Å². The van der Waals surface area contributed by atoms with Crippen LogP contribution in [0.15, 0.2) is 0 Å². The summed E-state index contributed by atoms with van der Waals surface area (Å²) in [6, 6.07) is 0. The topological polar surface area (TPSA) is 15.8 Å². The lowest BCUT2D eigenvalue weighted by molar-refractivity contribution is 0.883. The molecule has 0 atom stereocenters. The van der Waals surface area contributed by atoms with Gasteiger partial charge in [-0.25, -0.2) is 0 Å². The summed E-state index contributed by atoms with van der Waals surface area (Å²) in [6.45, 7) is 4.55. The molecule has 0 amide bonds. The number of hydrogen-bond acceptors (Lipinski definition) is 0. The highest BCUT2D eigenvalue weighted by atomic mass is 14.7. The second-order valence-corrected chi connectivity index (χ2v) is 5.57. The number of H-pyrrole nitrogens is 1. The van der Waals surface area contributed by atoms with Gasteiger partial charge in [-0.3, -0.25) is 0 Å². The number of fused-ring (bicyclic) bond motifs is 1. The van der Waals surface area contributed by atoms with Crippen LogP contribution in [-0.4, -0.2) is 44.2 Å². The molecule has 17 heavy (non-hydrogen) atoms. The summed E-state index contributed by atoms with van der Waals surface area (Å²) >= 11 is 0. The highest BCUT2D eigenvalue weighted by molar-refractivity contribution is 6.66. The van der Waals surface area contributed by atoms with E-state index in [0.29, 0.717) is 5.92 Å². The van der Waals surface area contributed by atoms with E-state index in [-0.39, 0.29) is 0 Å². The first-order chi connectivity index (χ1) is 7.86. The SMILES string of the molecule is Bc1[nH]c2c(B)c(B)c(B)c(B)c2c1C(C)C.